The van der Waals surface area contributed by atoms with Crippen molar-refractivity contribution < 1.29 is 13.3 Å². The van der Waals surface area contributed by atoms with Crippen molar-refractivity contribution in [2.45, 2.75) is 37.9 Å². The number of benzene rings is 1. The van der Waals surface area contributed by atoms with Gasteiger partial charge in [0, 0.05) is 27.9 Å². The molecule has 5 heteroatoms. The third-order valence-corrected chi connectivity index (χ3v) is 7.53. The van der Waals surface area contributed by atoms with Crippen LogP contribution >= 0.6 is 0 Å². The van der Waals surface area contributed by atoms with Gasteiger partial charge in [-0.25, -0.2) is 0 Å². The van der Waals surface area contributed by atoms with Gasteiger partial charge in [-0.1, -0.05) is 43.2 Å². The molecule has 1 aromatic carbocycles. The van der Waals surface area contributed by atoms with E-state index in [-0.39, 0.29) is 5.67 Å². The fourth-order valence-corrected chi connectivity index (χ4v) is 5.77. The Labute approximate surface area is 129 Å². The third kappa shape index (κ3) is 3.93. The van der Waals surface area contributed by atoms with E-state index in [0.29, 0.717) is 0 Å². The minimum atomic E-state index is -2.64. The lowest BCUT2D eigenvalue weighted by atomic mass is 10.2. The normalized spacial score (nSPS) is 21.2. The molecular weight excluding hydrogens is 282 g/mol. The summed E-state index contributed by atoms with van der Waals surface area (Å²) in [5, 5.41) is 0. The number of likely N-dealkylation sites (tertiary alicyclic amines) is 1. The zero-order chi connectivity index (χ0) is 15.1. The molecule has 118 valence electrons. The molecule has 1 aliphatic heterocycles. The highest BCUT2D eigenvalue weighted by atomic mass is 28.4. The third-order valence-electron chi connectivity index (χ3n) is 4.35. The van der Waals surface area contributed by atoms with E-state index in [2.05, 4.69) is 35.2 Å². The van der Waals surface area contributed by atoms with E-state index in [0.717, 1.165) is 19.5 Å². The van der Waals surface area contributed by atoms with Crippen molar-refractivity contribution in [2.24, 2.45) is 0 Å². The van der Waals surface area contributed by atoms with Gasteiger partial charge in [0.1, 0.15) is 0 Å². The van der Waals surface area contributed by atoms with Gasteiger partial charge in [0.25, 0.3) is 0 Å². The molecule has 0 spiro atoms. The molecule has 0 amide bonds. The number of hydrogen-bond donors (Lipinski definition) is 0. The second-order valence-corrected chi connectivity index (χ2v) is 8.64. The van der Waals surface area contributed by atoms with Crippen LogP contribution in [0.25, 0.3) is 0 Å². The van der Waals surface area contributed by atoms with Crippen LogP contribution in [-0.4, -0.2) is 47.2 Å². The minimum Gasteiger partial charge on any atom is -0.376 e. The van der Waals surface area contributed by atoms with Crippen molar-refractivity contribution in [2.75, 3.05) is 27.9 Å². The molecule has 0 saturated carbocycles. The Morgan fingerprint density at radius 3 is 2.29 bits per heavy atom. The Kier molecular flexibility index (Phi) is 6.38. The molecule has 0 aliphatic carbocycles. The molecule has 1 saturated heterocycles. The van der Waals surface area contributed by atoms with Gasteiger partial charge in [-0.15, -0.1) is 0 Å². The van der Waals surface area contributed by atoms with E-state index in [1.807, 2.05) is 0 Å². The number of rotatable bonds is 6. The van der Waals surface area contributed by atoms with Crippen molar-refractivity contribution in [3.05, 3.63) is 35.9 Å². The molecule has 1 heterocycles. The molecule has 1 aromatic rings. The lowest BCUT2D eigenvalue weighted by molar-refractivity contribution is 0.0714. The highest BCUT2D eigenvalue weighted by Crippen LogP contribution is 2.27. The molecule has 1 aliphatic rings. The zero-order valence-electron chi connectivity index (χ0n) is 13.4. The summed E-state index contributed by atoms with van der Waals surface area (Å²) in [6.45, 7) is 2.00. The maximum atomic E-state index is 5.75. The molecule has 1 fully saturated rings. The molecule has 1 atom stereocenters. The van der Waals surface area contributed by atoms with Gasteiger partial charge < -0.3 is 13.3 Å². The average molecular weight is 309 g/mol. The van der Waals surface area contributed by atoms with Crippen LogP contribution in [0.2, 0.25) is 0 Å². The Morgan fingerprint density at radius 2 is 1.67 bits per heavy atom. The van der Waals surface area contributed by atoms with Crippen molar-refractivity contribution in [1.29, 1.82) is 0 Å². The minimum absolute atomic E-state index is 0.236. The highest BCUT2D eigenvalue weighted by Gasteiger charge is 2.50. The summed E-state index contributed by atoms with van der Waals surface area (Å²) in [5.74, 6) is 0. The molecule has 0 radical (unpaired) electrons. The molecule has 0 aromatic heterocycles. The first-order valence-corrected chi connectivity index (χ1v) is 9.49. The van der Waals surface area contributed by atoms with E-state index in [4.69, 9.17) is 13.3 Å². The van der Waals surface area contributed by atoms with E-state index >= 15 is 0 Å². The fraction of sp³-hybridized carbons (Fsp3) is 0.625. The Bertz CT molecular complexity index is 403. The number of hydrogen-bond acceptors (Lipinski definition) is 4. The quantitative estimate of drug-likeness (QED) is 0.756. The maximum absolute atomic E-state index is 5.75. The molecule has 0 bridgehead atoms. The summed E-state index contributed by atoms with van der Waals surface area (Å²) in [6, 6.07) is 10.6. The molecule has 2 rings (SSSR count). The average Bonchev–Trinajstić information content (AvgIpc) is 2.77. The first kappa shape index (κ1) is 16.6. The number of nitrogens with zero attached hydrogens (tertiary/aromatic N) is 1. The van der Waals surface area contributed by atoms with Gasteiger partial charge >= 0.3 is 8.80 Å². The molecule has 21 heavy (non-hydrogen) atoms. The summed E-state index contributed by atoms with van der Waals surface area (Å²) >= 11 is 0. The summed E-state index contributed by atoms with van der Waals surface area (Å²) in [6.07, 6.45) is 4.78. The highest BCUT2D eigenvalue weighted by molar-refractivity contribution is 6.62. The predicted octanol–water partition coefficient (Wildman–Crippen LogP) is 2.85. The van der Waals surface area contributed by atoms with Crippen molar-refractivity contribution in [3.8, 4) is 0 Å². The molecular formula is C16H27NO3Si. The van der Waals surface area contributed by atoms with Crippen LogP contribution in [0, 0.1) is 0 Å². The van der Waals surface area contributed by atoms with Crippen LogP contribution in [0.5, 0.6) is 0 Å². The topological polar surface area (TPSA) is 30.9 Å². The van der Waals surface area contributed by atoms with Crippen LogP contribution in [0.4, 0.5) is 0 Å². The smallest absolute Gasteiger partial charge is 0.376 e. The van der Waals surface area contributed by atoms with Crippen molar-refractivity contribution in [1.82, 2.24) is 4.90 Å². The van der Waals surface area contributed by atoms with Crippen molar-refractivity contribution >= 4 is 8.80 Å². The standard InChI is InChI=1S/C16H27NO3Si/c1-18-21(19-2,20-3)16-12-8-5-9-13-17(16)14-15-10-6-4-7-11-15/h4,6-7,10-11,16H,5,8-9,12-14H2,1-3H3. The van der Waals surface area contributed by atoms with Gasteiger partial charge in [-0.05, 0) is 24.9 Å². The van der Waals surface area contributed by atoms with E-state index < -0.39 is 8.80 Å². The van der Waals surface area contributed by atoms with Crippen LogP contribution in [0.15, 0.2) is 30.3 Å². The van der Waals surface area contributed by atoms with E-state index in [1.165, 1.54) is 24.8 Å². The summed E-state index contributed by atoms with van der Waals surface area (Å²) < 4.78 is 17.3. The summed E-state index contributed by atoms with van der Waals surface area (Å²) in [4.78, 5) is 2.49. The van der Waals surface area contributed by atoms with Gasteiger partial charge in [0.15, 0.2) is 0 Å². The van der Waals surface area contributed by atoms with Gasteiger partial charge in [-0.3, -0.25) is 4.90 Å². The SMILES string of the molecule is CO[Si](OC)(OC)C1CCCCCN1Cc1ccccc1. The summed E-state index contributed by atoms with van der Waals surface area (Å²) in [7, 11) is 2.50. The van der Waals surface area contributed by atoms with Crippen LogP contribution in [-0.2, 0) is 19.8 Å². The zero-order valence-corrected chi connectivity index (χ0v) is 14.4. The first-order valence-electron chi connectivity index (χ1n) is 7.69. The fourth-order valence-electron chi connectivity index (χ4n) is 3.23. The molecule has 1 unspecified atom stereocenters. The first-order chi connectivity index (χ1) is 10.3. The monoisotopic (exact) mass is 309 g/mol. The van der Waals surface area contributed by atoms with Crippen LogP contribution < -0.4 is 0 Å². The summed E-state index contributed by atoms with van der Waals surface area (Å²) in [5.41, 5.74) is 1.57. The van der Waals surface area contributed by atoms with Gasteiger partial charge in [0.05, 0.1) is 5.67 Å². The van der Waals surface area contributed by atoms with E-state index in [1.54, 1.807) is 21.3 Å². The van der Waals surface area contributed by atoms with E-state index in [9.17, 15) is 0 Å². The van der Waals surface area contributed by atoms with Gasteiger partial charge in [0.2, 0.25) is 0 Å². The Balaban J connectivity index is 2.21. The second kappa shape index (κ2) is 8.05. The Morgan fingerprint density at radius 1 is 1.00 bits per heavy atom. The maximum Gasteiger partial charge on any atom is 0.518 e. The molecule has 0 N–H and O–H groups in total. The van der Waals surface area contributed by atoms with Crippen molar-refractivity contribution in [3.63, 3.8) is 0 Å². The van der Waals surface area contributed by atoms with Gasteiger partial charge in [-0.2, -0.15) is 0 Å². The Hall–Kier alpha value is -0.723. The lowest BCUT2D eigenvalue weighted by Crippen LogP contribution is -2.61. The lowest BCUT2D eigenvalue weighted by Gasteiger charge is -2.38. The molecule has 4 nitrogen and oxygen atoms in total. The van der Waals surface area contributed by atoms with Crippen LogP contribution in [0.3, 0.4) is 0 Å². The van der Waals surface area contributed by atoms with Crippen LogP contribution in [0.1, 0.15) is 31.2 Å². The largest absolute Gasteiger partial charge is 0.518 e. The second-order valence-electron chi connectivity index (χ2n) is 5.54. The predicted molar refractivity (Wildman–Crippen MR) is 85.9 cm³/mol.